The summed E-state index contributed by atoms with van der Waals surface area (Å²) in [6, 6.07) is 0. The lowest BCUT2D eigenvalue weighted by Gasteiger charge is -2.35. The van der Waals surface area contributed by atoms with Gasteiger partial charge in [0.1, 0.15) is 39.6 Å². The molecule has 0 amide bonds. The van der Waals surface area contributed by atoms with Gasteiger partial charge in [-0.25, -0.2) is 24.0 Å². The molecule has 13 nitrogen and oxygen atoms in total. The largest absolute Gasteiger partial charge is 0.465 e. The molecule has 0 aromatic carbocycles. The second-order valence-corrected chi connectivity index (χ2v) is 9.67. The fraction of sp³-hybridized carbons (Fsp3) is 0.484. The highest BCUT2D eigenvalue weighted by molar-refractivity contribution is 5.83. The Morgan fingerprint density at radius 3 is 1.05 bits per heavy atom. The van der Waals surface area contributed by atoms with E-state index in [9.17, 15) is 28.8 Å². The highest BCUT2D eigenvalue weighted by Gasteiger charge is 2.40. The number of esters is 6. The Kier molecular flexibility index (Phi) is 19.8. The molecule has 0 heterocycles. The van der Waals surface area contributed by atoms with Gasteiger partial charge in [0.15, 0.2) is 0 Å². The van der Waals surface area contributed by atoms with Gasteiger partial charge in [-0.2, -0.15) is 0 Å². The number of unbranched alkanes of at least 4 members (excludes halogenated alkanes) is 2. The fourth-order valence-electron chi connectivity index (χ4n) is 3.22. The normalized spacial score (nSPS) is 10.8. The van der Waals surface area contributed by atoms with Crippen LogP contribution in [0.15, 0.2) is 63.3 Å². The minimum atomic E-state index is -1.48. The number of carbonyl (C=O) groups excluding carboxylic acids is 6. The van der Waals surface area contributed by atoms with Crippen LogP contribution >= 0.6 is 0 Å². The van der Waals surface area contributed by atoms with E-state index in [2.05, 4.69) is 32.9 Å². The van der Waals surface area contributed by atoms with Gasteiger partial charge in [-0.15, -0.1) is 0 Å². The van der Waals surface area contributed by atoms with Crippen LogP contribution in [0.5, 0.6) is 0 Å². The lowest BCUT2D eigenvalue weighted by molar-refractivity contribution is -0.170. The Hall–Kier alpha value is -4.52. The smallest absolute Gasteiger partial charge is 0.330 e. The van der Waals surface area contributed by atoms with Crippen molar-refractivity contribution in [3.8, 4) is 0 Å². The first-order chi connectivity index (χ1) is 20.9. The molecule has 13 heteroatoms. The molecule has 0 aromatic heterocycles. The molecule has 0 atom stereocenters. The first-order valence-corrected chi connectivity index (χ1v) is 13.6. The zero-order valence-corrected chi connectivity index (χ0v) is 25.2. The van der Waals surface area contributed by atoms with Crippen molar-refractivity contribution in [1.82, 2.24) is 0 Å². The van der Waals surface area contributed by atoms with Crippen LogP contribution in [0.2, 0.25) is 0 Å². The third kappa shape index (κ3) is 16.8. The maximum absolute atomic E-state index is 12.4. The van der Waals surface area contributed by atoms with Crippen molar-refractivity contribution in [1.29, 1.82) is 0 Å². The van der Waals surface area contributed by atoms with Crippen LogP contribution in [0, 0.1) is 10.8 Å². The van der Waals surface area contributed by atoms with E-state index in [1.165, 1.54) is 0 Å². The summed E-state index contributed by atoms with van der Waals surface area (Å²) in [5.41, 5.74) is -2.93. The van der Waals surface area contributed by atoms with Gasteiger partial charge in [0.2, 0.25) is 0 Å². The highest BCUT2D eigenvalue weighted by Crippen LogP contribution is 2.26. The zero-order chi connectivity index (χ0) is 33.4. The molecule has 0 aliphatic carbocycles. The molecule has 0 fully saturated rings. The second-order valence-electron chi connectivity index (χ2n) is 9.67. The van der Waals surface area contributed by atoms with Crippen LogP contribution in [0.1, 0.15) is 32.6 Å². The van der Waals surface area contributed by atoms with Crippen LogP contribution in [0.3, 0.4) is 0 Å². The maximum Gasteiger partial charge on any atom is 0.330 e. The van der Waals surface area contributed by atoms with Crippen molar-refractivity contribution < 1.29 is 61.9 Å². The third-order valence-corrected chi connectivity index (χ3v) is 5.78. The first-order valence-electron chi connectivity index (χ1n) is 13.6. The molecule has 0 rings (SSSR count). The summed E-state index contributed by atoms with van der Waals surface area (Å²) in [7, 11) is 0. The number of ether oxygens (including phenoxy) is 7. The summed E-state index contributed by atoms with van der Waals surface area (Å²) in [5.74, 6) is -4.62. The van der Waals surface area contributed by atoms with Crippen molar-refractivity contribution in [3.63, 3.8) is 0 Å². The SMILES string of the molecule is C=CC(=O)OCC(COCC(COC(=O)C=C)(COC(=O)C=C)COC(=O)CCCCC)(COC(=O)C=C)COC(=O)C=C. The minimum absolute atomic E-state index is 0.130. The van der Waals surface area contributed by atoms with Crippen molar-refractivity contribution in [2.24, 2.45) is 10.8 Å². The average Bonchev–Trinajstić information content (AvgIpc) is 3.04. The molecule has 0 saturated carbocycles. The summed E-state index contributed by atoms with van der Waals surface area (Å²) in [5, 5.41) is 0. The third-order valence-electron chi connectivity index (χ3n) is 5.78. The Bertz CT molecular complexity index is 959. The molecule has 0 aliphatic heterocycles. The van der Waals surface area contributed by atoms with Crippen LogP contribution < -0.4 is 0 Å². The number of carbonyl (C=O) groups is 6. The molecule has 44 heavy (non-hydrogen) atoms. The molecule has 0 aliphatic rings. The Morgan fingerprint density at radius 1 is 0.477 bits per heavy atom. The molecule has 0 saturated heterocycles. The topological polar surface area (TPSA) is 167 Å². The Balaban J connectivity index is 6.32. The van der Waals surface area contributed by atoms with Gasteiger partial charge < -0.3 is 33.2 Å². The van der Waals surface area contributed by atoms with Crippen molar-refractivity contribution >= 4 is 35.8 Å². The molecule has 0 aromatic rings. The van der Waals surface area contributed by atoms with Gasteiger partial charge in [-0.1, -0.05) is 52.7 Å². The van der Waals surface area contributed by atoms with Gasteiger partial charge in [0.05, 0.1) is 24.0 Å². The highest BCUT2D eigenvalue weighted by atomic mass is 16.6. The van der Waals surface area contributed by atoms with E-state index in [0.29, 0.717) is 6.42 Å². The summed E-state index contributed by atoms with van der Waals surface area (Å²) >= 11 is 0. The fourth-order valence-corrected chi connectivity index (χ4v) is 3.22. The van der Waals surface area contributed by atoms with Crippen molar-refractivity contribution in [3.05, 3.63) is 63.3 Å². The van der Waals surface area contributed by atoms with Gasteiger partial charge in [-0.05, 0) is 6.42 Å². The molecular formula is C31H42O13. The van der Waals surface area contributed by atoms with E-state index < -0.39 is 92.9 Å². The summed E-state index contributed by atoms with van der Waals surface area (Å²) in [6.07, 6.45) is 6.95. The lowest BCUT2D eigenvalue weighted by atomic mass is 9.90. The summed E-state index contributed by atoms with van der Waals surface area (Å²) in [4.78, 5) is 72.0. The van der Waals surface area contributed by atoms with E-state index in [0.717, 1.165) is 43.2 Å². The standard InChI is InChI=1S/C31H42O13/c1-7-13-14-15-29(37)44-23-31(21-42-27(35)11-5,22-43-28(36)12-6)17-38-16-30(18-39-24(32)8-2,19-40-25(33)9-3)20-41-26(34)10-4/h8-12H,2-7,13-23H2,1H3. The quantitative estimate of drug-likeness (QED) is 0.0632. The second kappa shape index (κ2) is 22.1. The van der Waals surface area contributed by atoms with E-state index in [1.54, 1.807) is 0 Å². The van der Waals surface area contributed by atoms with Gasteiger partial charge >= 0.3 is 35.8 Å². The van der Waals surface area contributed by atoms with E-state index >= 15 is 0 Å². The van der Waals surface area contributed by atoms with Crippen molar-refractivity contribution in [2.75, 3.05) is 52.9 Å². The van der Waals surface area contributed by atoms with Gasteiger partial charge in [0.25, 0.3) is 0 Å². The maximum atomic E-state index is 12.4. The number of rotatable bonds is 25. The number of hydrogen-bond acceptors (Lipinski definition) is 13. The van der Waals surface area contributed by atoms with Crippen LogP contribution in [-0.4, -0.2) is 88.7 Å². The molecule has 244 valence electrons. The van der Waals surface area contributed by atoms with E-state index in [1.807, 2.05) is 6.92 Å². The Morgan fingerprint density at radius 2 is 0.773 bits per heavy atom. The van der Waals surface area contributed by atoms with Crippen LogP contribution in [0.25, 0.3) is 0 Å². The Labute approximate surface area is 257 Å². The molecular weight excluding hydrogens is 580 g/mol. The summed E-state index contributed by atoms with van der Waals surface area (Å²) < 4.78 is 37.4. The predicted octanol–water partition coefficient (Wildman–Crippen LogP) is 2.75. The molecule has 0 spiro atoms. The average molecular weight is 623 g/mol. The predicted molar refractivity (Wildman–Crippen MR) is 157 cm³/mol. The first kappa shape index (κ1) is 39.5. The number of hydrogen-bond donors (Lipinski definition) is 0. The van der Waals surface area contributed by atoms with Crippen LogP contribution in [0.4, 0.5) is 0 Å². The van der Waals surface area contributed by atoms with E-state index in [-0.39, 0.29) is 13.0 Å². The zero-order valence-electron chi connectivity index (χ0n) is 25.2. The summed E-state index contributed by atoms with van der Waals surface area (Å²) in [6.45, 7) is 15.2. The van der Waals surface area contributed by atoms with Gasteiger partial charge in [-0.3, -0.25) is 4.79 Å². The van der Waals surface area contributed by atoms with Crippen molar-refractivity contribution in [2.45, 2.75) is 32.6 Å². The monoisotopic (exact) mass is 622 g/mol. The molecule has 0 bridgehead atoms. The van der Waals surface area contributed by atoms with Gasteiger partial charge in [0, 0.05) is 36.8 Å². The van der Waals surface area contributed by atoms with E-state index in [4.69, 9.17) is 33.2 Å². The molecule has 0 N–H and O–H groups in total. The lowest BCUT2D eigenvalue weighted by Crippen LogP contribution is -2.47. The molecule has 0 unspecified atom stereocenters. The molecule has 0 radical (unpaired) electrons. The van der Waals surface area contributed by atoms with Crippen LogP contribution in [-0.2, 0) is 61.9 Å². The minimum Gasteiger partial charge on any atom is -0.465 e.